The lowest BCUT2D eigenvalue weighted by Crippen LogP contribution is -2.36. The highest BCUT2D eigenvalue weighted by Crippen LogP contribution is 2.45. The van der Waals surface area contributed by atoms with Crippen molar-refractivity contribution >= 4 is 57.6 Å². The van der Waals surface area contributed by atoms with E-state index in [1.807, 2.05) is 51.1 Å². The van der Waals surface area contributed by atoms with Crippen LogP contribution in [0, 0.1) is 0 Å². The van der Waals surface area contributed by atoms with Gasteiger partial charge in [-0.3, -0.25) is 24.2 Å². The van der Waals surface area contributed by atoms with Crippen LogP contribution in [0.1, 0.15) is 57.9 Å². The van der Waals surface area contributed by atoms with E-state index in [4.69, 9.17) is 16.3 Å². The van der Waals surface area contributed by atoms with Gasteiger partial charge in [0.2, 0.25) is 5.91 Å². The molecule has 9 heteroatoms. The van der Waals surface area contributed by atoms with Crippen molar-refractivity contribution in [3.05, 3.63) is 48.0 Å². The summed E-state index contributed by atoms with van der Waals surface area (Å²) in [6.07, 6.45) is 4.37. The van der Waals surface area contributed by atoms with E-state index >= 15 is 0 Å². The number of ether oxygens (including phenoxy) is 1. The van der Waals surface area contributed by atoms with Crippen molar-refractivity contribution in [1.29, 1.82) is 0 Å². The molecule has 2 aliphatic rings. The third-order valence-corrected chi connectivity index (χ3v) is 6.80. The van der Waals surface area contributed by atoms with Crippen molar-refractivity contribution in [2.75, 3.05) is 29.2 Å². The van der Waals surface area contributed by atoms with Crippen molar-refractivity contribution < 1.29 is 23.9 Å². The summed E-state index contributed by atoms with van der Waals surface area (Å²) in [6.45, 7) is 6.23. The zero-order valence-electron chi connectivity index (χ0n) is 21.4. The summed E-state index contributed by atoms with van der Waals surface area (Å²) in [5, 5.41) is 4.85. The summed E-state index contributed by atoms with van der Waals surface area (Å²) in [5.74, 6) is -0.419. The van der Waals surface area contributed by atoms with E-state index in [1.165, 1.54) is 17.1 Å². The van der Waals surface area contributed by atoms with E-state index in [2.05, 4.69) is 5.32 Å². The summed E-state index contributed by atoms with van der Waals surface area (Å²) in [7, 11) is 0. The lowest BCUT2D eigenvalue weighted by molar-refractivity contribution is -0.136. The maximum Gasteiger partial charge on any atom is 0.414 e. The van der Waals surface area contributed by atoms with Crippen LogP contribution in [-0.4, -0.2) is 53.3 Å². The van der Waals surface area contributed by atoms with Crippen LogP contribution in [-0.2, 0) is 19.1 Å². The predicted octanol–water partition coefficient (Wildman–Crippen LogP) is 5.34. The summed E-state index contributed by atoms with van der Waals surface area (Å²) in [6, 6.07) is 9.61. The zero-order chi connectivity index (χ0) is 26.7. The number of rotatable bonds is 8. The van der Waals surface area contributed by atoms with Crippen molar-refractivity contribution in [3.63, 3.8) is 0 Å². The molecule has 0 aromatic heterocycles. The fourth-order valence-corrected chi connectivity index (χ4v) is 5.01. The second-order valence-electron chi connectivity index (χ2n) is 10.4. The molecule has 0 saturated heterocycles. The molecular formula is C28H32ClN3O5. The Kier molecular flexibility index (Phi) is 7.87. The zero-order valence-corrected chi connectivity index (χ0v) is 22.1. The largest absolute Gasteiger partial charge is 0.443 e. The van der Waals surface area contributed by atoms with Gasteiger partial charge in [-0.1, -0.05) is 30.7 Å². The highest BCUT2D eigenvalue weighted by atomic mass is 35.5. The molecule has 2 aliphatic heterocycles. The van der Waals surface area contributed by atoms with Crippen LogP contribution in [0.5, 0.6) is 0 Å². The highest BCUT2D eigenvalue weighted by Gasteiger charge is 2.36. The van der Waals surface area contributed by atoms with Crippen LogP contribution in [0.25, 0.3) is 10.8 Å². The van der Waals surface area contributed by atoms with Gasteiger partial charge in [-0.05, 0) is 50.6 Å². The number of imide groups is 1. The van der Waals surface area contributed by atoms with Crippen LogP contribution in [0.15, 0.2) is 42.5 Å². The monoisotopic (exact) mass is 525 g/mol. The van der Waals surface area contributed by atoms with Crippen LogP contribution >= 0.6 is 11.6 Å². The number of anilines is 2. The number of carbonyl (C=O) groups is 4. The fraction of sp³-hybridized carbons (Fsp3) is 0.429. The number of fused-ring (bicyclic) bond motifs is 3. The molecule has 0 fully saturated rings. The Labute approximate surface area is 221 Å². The first-order valence-electron chi connectivity index (χ1n) is 12.5. The van der Waals surface area contributed by atoms with E-state index in [0.717, 1.165) is 16.3 Å². The molecule has 4 rings (SSSR count). The van der Waals surface area contributed by atoms with E-state index in [-0.39, 0.29) is 23.6 Å². The number of nitrogens with one attached hydrogen (secondary N) is 1. The quantitative estimate of drug-likeness (QED) is 0.285. The maximum atomic E-state index is 13.0. The molecule has 0 bridgehead atoms. The van der Waals surface area contributed by atoms with Crippen LogP contribution in [0.2, 0.25) is 0 Å². The van der Waals surface area contributed by atoms with Crippen molar-refractivity contribution in [2.24, 2.45) is 0 Å². The molecule has 0 saturated carbocycles. The van der Waals surface area contributed by atoms with Gasteiger partial charge in [0.25, 0.3) is 11.8 Å². The Morgan fingerprint density at radius 2 is 1.73 bits per heavy atom. The predicted molar refractivity (Wildman–Crippen MR) is 144 cm³/mol. The van der Waals surface area contributed by atoms with Gasteiger partial charge in [0, 0.05) is 48.8 Å². The summed E-state index contributed by atoms with van der Waals surface area (Å²) in [4.78, 5) is 51.9. The highest BCUT2D eigenvalue weighted by molar-refractivity contribution is 6.19. The van der Waals surface area contributed by atoms with Crippen LogP contribution in [0.3, 0.4) is 0 Å². The number of nitrogens with zero attached hydrogens (tertiary/aromatic N) is 2. The molecule has 0 spiro atoms. The third-order valence-electron chi connectivity index (χ3n) is 6.43. The minimum absolute atomic E-state index is 0.0524. The van der Waals surface area contributed by atoms with E-state index < -0.39 is 11.7 Å². The number of alkyl halides is 1. The Morgan fingerprint density at radius 1 is 1.05 bits per heavy atom. The Bertz CT molecular complexity index is 1250. The first kappa shape index (κ1) is 26.7. The summed E-state index contributed by atoms with van der Waals surface area (Å²) >= 11 is 6.31. The Morgan fingerprint density at radius 3 is 2.38 bits per heavy atom. The van der Waals surface area contributed by atoms with Gasteiger partial charge in [0.15, 0.2) is 0 Å². The number of amides is 4. The van der Waals surface area contributed by atoms with Crippen molar-refractivity contribution in [2.45, 2.75) is 58.0 Å². The molecule has 196 valence electrons. The second-order valence-corrected chi connectivity index (χ2v) is 10.7. The average Bonchev–Trinajstić information content (AvgIpc) is 3.37. The Balaban J connectivity index is 1.47. The molecule has 1 atom stereocenters. The number of hydrogen-bond acceptors (Lipinski definition) is 5. The average molecular weight is 526 g/mol. The standard InChI is InChI=1S/C28H32ClN3O5/c1-28(2,3)37-27(36)32-17-18(16-29)26-20-10-7-6-9-19(20)21(15-22(26)32)30-23(33)11-5-4-8-14-31-24(34)12-13-25(31)35/h6-7,9-10,12-13,15,18H,4-5,8,11,14,16-17H2,1-3H3,(H,30,33)/t18-/m0/s1. The molecule has 0 radical (unpaired) electrons. The van der Waals surface area contributed by atoms with Crippen molar-refractivity contribution in [3.8, 4) is 0 Å². The number of benzene rings is 2. The molecule has 0 aliphatic carbocycles. The molecule has 2 aromatic rings. The number of hydrogen-bond donors (Lipinski definition) is 1. The molecule has 4 amide bonds. The fourth-order valence-electron chi connectivity index (χ4n) is 4.76. The summed E-state index contributed by atoms with van der Waals surface area (Å²) < 4.78 is 5.64. The van der Waals surface area contributed by atoms with Gasteiger partial charge in [-0.15, -0.1) is 11.6 Å². The minimum Gasteiger partial charge on any atom is -0.443 e. The van der Waals surface area contributed by atoms with E-state index in [9.17, 15) is 19.2 Å². The lowest BCUT2D eigenvalue weighted by atomic mass is 9.95. The van der Waals surface area contributed by atoms with E-state index in [1.54, 1.807) is 4.90 Å². The molecule has 0 unspecified atom stereocenters. The molecule has 1 N–H and O–H groups in total. The van der Waals surface area contributed by atoms with Gasteiger partial charge in [0.1, 0.15) is 5.60 Å². The normalized spacial score (nSPS) is 17.0. The van der Waals surface area contributed by atoms with Gasteiger partial charge < -0.3 is 10.1 Å². The smallest absolute Gasteiger partial charge is 0.414 e. The molecule has 2 heterocycles. The molecule has 37 heavy (non-hydrogen) atoms. The molecule has 2 aromatic carbocycles. The van der Waals surface area contributed by atoms with E-state index in [0.29, 0.717) is 56.0 Å². The molecule has 8 nitrogen and oxygen atoms in total. The first-order chi connectivity index (χ1) is 17.6. The number of carbonyl (C=O) groups excluding carboxylic acids is 4. The van der Waals surface area contributed by atoms with Crippen LogP contribution in [0.4, 0.5) is 16.2 Å². The van der Waals surface area contributed by atoms with Gasteiger partial charge >= 0.3 is 6.09 Å². The maximum absolute atomic E-state index is 13.0. The SMILES string of the molecule is CC(C)(C)OC(=O)N1C[C@H](CCl)c2c1cc(NC(=O)CCCCCN1C(=O)C=CC1=O)c1ccccc21. The minimum atomic E-state index is -0.643. The topological polar surface area (TPSA) is 96.0 Å². The first-order valence-corrected chi connectivity index (χ1v) is 13.1. The van der Waals surface area contributed by atoms with Gasteiger partial charge in [-0.2, -0.15) is 0 Å². The molecular weight excluding hydrogens is 494 g/mol. The number of halogens is 1. The second kappa shape index (κ2) is 10.9. The summed E-state index contributed by atoms with van der Waals surface area (Å²) in [5.41, 5.74) is 1.66. The number of unbranched alkanes of at least 4 members (excludes halogenated alkanes) is 2. The third kappa shape index (κ3) is 5.96. The Hall–Kier alpha value is -3.39. The lowest BCUT2D eigenvalue weighted by Gasteiger charge is -2.25. The van der Waals surface area contributed by atoms with Gasteiger partial charge in [-0.25, -0.2) is 4.79 Å². The van der Waals surface area contributed by atoms with Crippen molar-refractivity contribution in [1.82, 2.24) is 4.90 Å². The van der Waals surface area contributed by atoms with Gasteiger partial charge in [0.05, 0.1) is 11.4 Å². The van der Waals surface area contributed by atoms with Crippen LogP contribution < -0.4 is 10.2 Å².